The molecular weight excluding hydrogens is 204 g/mol. The molecule has 0 saturated heterocycles. The van der Waals surface area contributed by atoms with Crippen LogP contribution >= 0.6 is 0 Å². The van der Waals surface area contributed by atoms with E-state index in [9.17, 15) is 0 Å². The molecule has 0 saturated carbocycles. The first kappa shape index (κ1) is 11.9. The summed E-state index contributed by atoms with van der Waals surface area (Å²) >= 11 is 0. The second-order valence-electron chi connectivity index (χ2n) is 4.95. The first-order valence-electron chi connectivity index (χ1n) is 6.15. The van der Waals surface area contributed by atoms with Gasteiger partial charge in [0.05, 0.1) is 0 Å². The van der Waals surface area contributed by atoms with Gasteiger partial charge in [0.15, 0.2) is 0 Å². The monoisotopic (exact) mass is 224 g/mol. The Labute approximate surface area is 104 Å². The van der Waals surface area contributed by atoms with Crippen LogP contribution in [0.3, 0.4) is 0 Å². The average Bonchev–Trinajstić information content (AvgIpc) is 2.29. The maximum absolute atomic E-state index is 2.28. The molecule has 0 aliphatic heterocycles. The van der Waals surface area contributed by atoms with Gasteiger partial charge in [0, 0.05) is 0 Å². The molecule has 0 N–H and O–H groups in total. The molecule has 0 bridgehead atoms. The fraction of sp³-hybridized carbons (Fsp3) is 0.294. The molecule has 2 rings (SSSR count). The lowest BCUT2D eigenvalue weighted by Crippen LogP contribution is -1.96. The molecule has 0 fully saturated rings. The van der Waals surface area contributed by atoms with Gasteiger partial charge >= 0.3 is 0 Å². The van der Waals surface area contributed by atoms with Gasteiger partial charge < -0.3 is 0 Å². The highest BCUT2D eigenvalue weighted by Gasteiger charge is 2.11. The molecule has 0 heteroatoms. The van der Waals surface area contributed by atoms with Crippen molar-refractivity contribution in [2.75, 3.05) is 0 Å². The maximum atomic E-state index is 2.28. The van der Waals surface area contributed by atoms with Crippen LogP contribution in [0.25, 0.3) is 11.1 Å². The Hall–Kier alpha value is -1.56. The van der Waals surface area contributed by atoms with E-state index >= 15 is 0 Å². The van der Waals surface area contributed by atoms with E-state index in [0.717, 1.165) is 0 Å². The second-order valence-corrected chi connectivity index (χ2v) is 4.95. The van der Waals surface area contributed by atoms with Crippen molar-refractivity contribution < 1.29 is 0 Å². The molecule has 2 aromatic rings. The van der Waals surface area contributed by atoms with Crippen LogP contribution in [-0.2, 0) is 0 Å². The van der Waals surface area contributed by atoms with Gasteiger partial charge in [-0.3, -0.25) is 0 Å². The second kappa shape index (κ2) is 4.37. The fourth-order valence-corrected chi connectivity index (χ4v) is 2.47. The lowest BCUT2D eigenvalue weighted by molar-refractivity contribution is 1.24. The number of hydrogen-bond donors (Lipinski definition) is 0. The third kappa shape index (κ3) is 2.00. The summed E-state index contributed by atoms with van der Waals surface area (Å²) in [6.07, 6.45) is 0. The van der Waals surface area contributed by atoms with Crippen molar-refractivity contribution in [3.8, 4) is 11.1 Å². The Kier molecular flexibility index (Phi) is 3.06. The van der Waals surface area contributed by atoms with Gasteiger partial charge in [-0.05, 0) is 73.6 Å². The van der Waals surface area contributed by atoms with Gasteiger partial charge in [0.2, 0.25) is 0 Å². The standard InChI is InChI=1S/C17H20/c1-11-8-6-7-9-16(11)17-14(4)12(2)10-13(3)15(17)5/h6-10H,1-5H3. The van der Waals surface area contributed by atoms with Crippen molar-refractivity contribution in [3.05, 3.63) is 58.1 Å². The quantitative estimate of drug-likeness (QED) is 0.646. The van der Waals surface area contributed by atoms with E-state index in [1.165, 1.54) is 38.9 Å². The summed E-state index contributed by atoms with van der Waals surface area (Å²) in [7, 11) is 0. The summed E-state index contributed by atoms with van der Waals surface area (Å²) in [5.74, 6) is 0. The molecular formula is C17H20. The number of aryl methyl sites for hydroxylation is 3. The molecule has 2 aromatic carbocycles. The van der Waals surface area contributed by atoms with Crippen LogP contribution in [0.5, 0.6) is 0 Å². The van der Waals surface area contributed by atoms with Crippen LogP contribution in [-0.4, -0.2) is 0 Å². The van der Waals surface area contributed by atoms with Gasteiger partial charge in [-0.1, -0.05) is 30.3 Å². The van der Waals surface area contributed by atoms with E-state index < -0.39 is 0 Å². The van der Waals surface area contributed by atoms with Crippen molar-refractivity contribution in [1.82, 2.24) is 0 Å². The van der Waals surface area contributed by atoms with Gasteiger partial charge in [-0.25, -0.2) is 0 Å². The topological polar surface area (TPSA) is 0 Å². The van der Waals surface area contributed by atoms with Crippen LogP contribution in [0.15, 0.2) is 30.3 Å². The molecule has 0 aromatic heterocycles. The zero-order valence-electron chi connectivity index (χ0n) is 11.4. The largest absolute Gasteiger partial charge is 0.0620 e. The Morgan fingerprint density at radius 1 is 0.647 bits per heavy atom. The summed E-state index contributed by atoms with van der Waals surface area (Å²) in [4.78, 5) is 0. The maximum Gasteiger partial charge on any atom is -0.0117 e. The highest BCUT2D eigenvalue weighted by molar-refractivity contribution is 5.75. The van der Waals surface area contributed by atoms with Crippen molar-refractivity contribution in [1.29, 1.82) is 0 Å². The normalized spacial score (nSPS) is 10.6. The Morgan fingerprint density at radius 2 is 1.18 bits per heavy atom. The molecule has 0 unspecified atom stereocenters. The van der Waals surface area contributed by atoms with Crippen LogP contribution in [0.1, 0.15) is 27.8 Å². The van der Waals surface area contributed by atoms with E-state index in [-0.39, 0.29) is 0 Å². The lowest BCUT2D eigenvalue weighted by atomic mass is 9.88. The Balaban J connectivity index is 2.80. The van der Waals surface area contributed by atoms with Gasteiger partial charge in [-0.15, -0.1) is 0 Å². The molecule has 0 aliphatic rings. The molecule has 0 nitrogen and oxygen atoms in total. The molecule has 88 valence electrons. The van der Waals surface area contributed by atoms with Crippen LogP contribution in [0.2, 0.25) is 0 Å². The smallest absolute Gasteiger partial charge is 0.0117 e. The van der Waals surface area contributed by atoms with Gasteiger partial charge in [-0.2, -0.15) is 0 Å². The lowest BCUT2D eigenvalue weighted by Gasteiger charge is -2.17. The zero-order valence-corrected chi connectivity index (χ0v) is 11.4. The molecule has 0 amide bonds. The molecule has 0 radical (unpaired) electrons. The van der Waals surface area contributed by atoms with Crippen molar-refractivity contribution in [2.24, 2.45) is 0 Å². The molecule has 0 atom stereocenters. The molecule has 0 heterocycles. The molecule has 0 spiro atoms. The minimum atomic E-state index is 1.35. The number of rotatable bonds is 1. The fourth-order valence-electron chi connectivity index (χ4n) is 2.47. The van der Waals surface area contributed by atoms with Crippen molar-refractivity contribution in [3.63, 3.8) is 0 Å². The first-order valence-corrected chi connectivity index (χ1v) is 6.15. The Morgan fingerprint density at radius 3 is 1.71 bits per heavy atom. The molecule has 17 heavy (non-hydrogen) atoms. The van der Waals surface area contributed by atoms with Gasteiger partial charge in [0.25, 0.3) is 0 Å². The van der Waals surface area contributed by atoms with Crippen molar-refractivity contribution in [2.45, 2.75) is 34.6 Å². The van der Waals surface area contributed by atoms with E-state index in [4.69, 9.17) is 0 Å². The van der Waals surface area contributed by atoms with Crippen LogP contribution in [0, 0.1) is 34.6 Å². The minimum Gasteiger partial charge on any atom is -0.0620 e. The first-order chi connectivity index (χ1) is 8.02. The highest BCUT2D eigenvalue weighted by atomic mass is 14.2. The predicted octanol–water partition coefficient (Wildman–Crippen LogP) is 4.90. The third-order valence-corrected chi connectivity index (χ3v) is 3.78. The summed E-state index contributed by atoms with van der Waals surface area (Å²) in [6.45, 7) is 11.0. The highest BCUT2D eigenvalue weighted by Crippen LogP contribution is 2.33. The van der Waals surface area contributed by atoms with Gasteiger partial charge in [0.1, 0.15) is 0 Å². The predicted molar refractivity (Wildman–Crippen MR) is 75.6 cm³/mol. The van der Waals surface area contributed by atoms with Crippen LogP contribution in [0.4, 0.5) is 0 Å². The summed E-state index contributed by atoms with van der Waals surface area (Å²) in [6, 6.07) is 10.9. The number of hydrogen-bond acceptors (Lipinski definition) is 0. The minimum absolute atomic E-state index is 1.35. The van der Waals surface area contributed by atoms with E-state index in [2.05, 4.69) is 65.0 Å². The average molecular weight is 224 g/mol. The number of benzene rings is 2. The SMILES string of the molecule is Cc1ccccc1-c1c(C)c(C)cc(C)c1C. The van der Waals surface area contributed by atoms with Crippen molar-refractivity contribution >= 4 is 0 Å². The molecule has 0 aliphatic carbocycles. The summed E-state index contributed by atoms with van der Waals surface area (Å²) in [5.41, 5.74) is 9.71. The Bertz CT molecular complexity index is 536. The van der Waals surface area contributed by atoms with Crippen LogP contribution < -0.4 is 0 Å². The zero-order chi connectivity index (χ0) is 12.6. The summed E-state index contributed by atoms with van der Waals surface area (Å²) in [5, 5.41) is 0. The third-order valence-electron chi connectivity index (χ3n) is 3.78. The van der Waals surface area contributed by atoms with E-state index in [0.29, 0.717) is 0 Å². The summed E-state index contributed by atoms with van der Waals surface area (Å²) < 4.78 is 0. The van der Waals surface area contributed by atoms with E-state index in [1.807, 2.05) is 0 Å². The van der Waals surface area contributed by atoms with E-state index in [1.54, 1.807) is 0 Å².